The molecule has 0 unspecified atom stereocenters. The number of halogens is 1. The number of benzene rings is 1. The lowest BCUT2D eigenvalue weighted by molar-refractivity contribution is 0.301. The highest BCUT2D eigenvalue weighted by Gasteiger charge is 2.14. The molecule has 0 bridgehead atoms. The zero-order chi connectivity index (χ0) is 16.0. The number of sulfonamides is 1. The average molecular weight is 319 g/mol. The monoisotopic (exact) mass is 319 g/mol. The molecule has 0 saturated carbocycles. The van der Waals surface area contributed by atoms with Crippen LogP contribution in [-0.4, -0.2) is 45.7 Å². The molecule has 0 aromatic heterocycles. The quantitative estimate of drug-likeness (QED) is 0.709. The first-order valence-corrected chi connectivity index (χ1v) is 8.24. The van der Waals surface area contributed by atoms with Gasteiger partial charge in [-0.1, -0.05) is 6.92 Å². The summed E-state index contributed by atoms with van der Waals surface area (Å²) in [5.74, 6) is -0.515. The summed E-state index contributed by atoms with van der Waals surface area (Å²) in [7, 11) is -0.348. The fourth-order valence-corrected chi connectivity index (χ4v) is 2.27. The lowest BCUT2D eigenvalue weighted by Crippen LogP contribution is -2.28. The third kappa shape index (κ3) is 5.05. The molecule has 3 N–H and O–H groups in total. The van der Waals surface area contributed by atoms with Gasteiger partial charge in [-0.15, -0.1) is 0 Å². The van der Waals surface area contributed by atoms with Crippen LogP contribution in [0.2, 0.25) is 0 Å². The van der Waals surface area contributed by atoms with Crippen molar-refractivity contribution in [3.05, 3.63) is 17.9 Å². The number of anilines is 2. The standard InChI is InChI=1S/C13H22FN3O3S/c1-4-6-20-13-9-12(11(15)8-10(13)14)16-5-7-21(18,19)17(2)3/h8-9,16H,4-7,15H2,1-3H3. The number of nitrogens with zero attached hydrogens (tertiary/aromatic N) is 1. The van der Waals surface area contributed by atoms with Crippen LogP contribution in [0.1, 0.15) is 13.3 Å². The van der Waals surface area contributed by atoms with Crippen molar-refractivity contribution in [1.29, 1.82) is 0 Å². The minimum atomic E-state index is -3.29. The van der Waals surface area contributed by atoms with Crippen LogP contribution in [0.15, 0.2) is 12.1 Å². The summed E-state index contributed by atoms with van der Waals surface area (Å²) in [4.78, 5) is 0. The van der Waals surface area contributed by atoms with Gasteiger partial charge in [-0.05, 0) is 6.42 Å². The van der Waals surface area contributed by atoms with E-state index in [9.17, 15) is 12.8 Å². The number of rotatable bonds is 8. The fourth-order valence-electron chi connectivity index (χ4n) is 1.54. The van der Waals surface area contributed by atoms with E-state index in [1.165, 1.54) is 20.2 Å². The molecule has 1 rings (SSSR count). The van der Waals surface area contributed by atoms with E-state index in [1.807, 2.05) is 6.92 Å². The molecular formula is C13H22FN3O3S. The second-order valence-corrected chi connectivity index (χ2v) is 7.05. The molecule has 1 aromatic rings. The van der Waals surface area contributed by atoms with Crippen LogP contribution in [0.4, 0.5) is 15.8 Å². The molecule has 0 radical (unpaired) electrons. The number of ether oxygens (including phenoxy) is 1. The first-order valence-electron chi connectivity index (χ1n) is 6.63. The molecule has 0 heterocycles. The topological polar surface area (TPSA) is 84.7 Å². The van der Waals surface area contributed by atoms with E-state index < -0.39 is 15.8 Å². The van der Waals surface area contributed by atoms with Gasteiger partial charge in [0.05, 0.1) is 23.7 Å². The predicted molar refractivity (Wildman–Crippen MR) is 82.6 cm³/mol. The minimum absolute atomic E-state index is 0.0814. The van der Waals surface area contributed by atoms with Crippen molar-refractivity contribution >= 4 is 21.4 Å². The van der Waals surface area contributed by atoms with Gasteiger partial charge in [0.1, 0.15) is 0 Å². The average Bonchev–Trinajstić information content (AvgIpc) is 2.39. The summed E-state index contributed by atoms with van der Waals surface area (Å²) in [5.41, 5.74) is 6.37. The molecular weight excluding hydrogens is 297 g/mol. The van der Waals surface area contributed by atoms with Crippen molar-refractivity contribution in [2.45, 2.75) is 13.3 Å². The fraction of sp³-hybridized carbons (Fsp3) is 0.538. The Labute approximate surface area is 125 Å². The van der Waals surface area contributed by atoms with Crippen molar-refractivity contribution in [3.8, 4) is 5.75 Å². The number of hydrogen-bond acceptors (Lipinski definition) is 5. The maximum Gasteiger partial charge on any atom is 0.215 e. The highest BCUT2D eigenvalue weighted by atomic mass is 32.2. The van der Waals surface area contributed by atoms with Gasteiger partial charge in [-0.25, -0.2) is 17.1 Å². The number of nitrogens with two attached hydrogens (primary N) is 1. The van der Waals surface area contributed by atoms with Gasteiger partial charge < -0.3 is 15.8 Å². The Morgan fingerprint density at radius 2 is 2.05 bits per heavy atom. The highest BCUT2D eigenvalue weighted by molar-refractivity contribution is 7.89. The summed E-state index contributed by atoms with van der Waals surface area (Å²) in [5, 5.41) is 2.89. The first-order chi connectivity index (χ1) is 9.77. The van der Waals surface area contributed by atoms with E-state index in [1.54, 1.807) is 0 Å². The van der Waals surface area contributed by atoms with Crippen molar-refractivity contribution in [1.82, 2.24) is 4.31 Å². The van der Waals surface area contributed by atoms with E-state index in [4.69, 9.17) is 10.5 Å². The second-order valence-electron chi connectivity index (χ2n) is 4.74. The minimum Gasteiger partial charge on any atom is -0.490 e. The largest absolute Gasteiger partial charge is 0.490 e. The molecule has 0 fully saturated rings. The van der Waals surface area contributed by atoms with E-state index in [-0.39, 0.29) is 23.7 Å². The lowest BCUT2D eigenvalue weighted by atomic mass is 10.2. The summed E-state index contributed by atoms with van der Waals surface area (Å²) >= 11 is 0. The van der Waals surface area contributed by atoms with Gasteiger partial charge in [-0.2, -0.15) is 0 Å². The van der Waals surface area contributed by atoms with Crippen molar-refractivity contribution < 1.29 is 17.5 Å². The Morgan fingerprint density at radius 1 is 1.38 bits per heavy atom. The Kier molecular flexibility index (Phi) is 6.22. The van der Waals surface area contributed by atoms with Crippen molar-refractivity contribution in [2.75, 3.05) is 44.1 Å². The van der Waals surface area contributed by atoms with E-state index >= 15 is 0 Å². The molecule has 0 saturated heterocycles. The molecule has 0 aliphatic rings. The first kappa shape index (κ1) is 17.5. The zero-order valence-electron chi connectivity index (χ0n) is 12.5. The van der Waals surface area contributed by atoms with E-state index in [0.29, 0.717) is 12.3 Å². The van der Waals surface area contributed by atoms with Crippen LogP contribution in [-0.2, 0) is 10.0 Å². The van der Waals surface area contributed by atoms with E-state index in [0.717, 1.165) is 16.8 Å². The van der Waals surface area contributed by atoms with Crippen LogP contribution in [0, 0.1) is 5.82 Å². The van der Waals surface area contributed by atoms with Crippen LogP contribution in [0.25, 0.3) is 0 Å². The molecule has 0 aliphatic carbocycles. The molecule has 120 valence electrons. The summed E-state index contributed by atoms with van der Waals surface area (Å²) in [6, 6.07) is 2.61. The van der Waals surface area contributed by atoms with Crippen LogP contribution < -0.4 is 15.8 Å². The van der Waals surface area contributed by atoms with Crippen molar-refractivity contribution in [3.63, 3.8) is 0 Å². The maximum absolute atomic E-state index is 13.6. The lowest BCUT2D eigenvalue weighted by Gasteiger charge is -2.14. The Bertz CT molecular complexity index is 576. The van der Waals surface area contributed by atoms with Gasteiger partial charge in [0, 0.05) is 32.8 Å². The Morgan fingerprint density at radius 3 is 2.62 bits per heavy atom. The van der Waals surface area contributed by atoms with Gasteiger partial charge in [0.25, 0.3) is 0 Å². The van der Waals surface area contributed by atoms with Gasteiger partial charge in [-0.3, -0.25) is 0 Å². The summed E-state index contributed by atoms with van der Waals surface area (Å²) in [6.45, 7) is 2.49. The number of hydrogen-bond donors (Lipinski definition) is 2. The SMILES string of the molecule is CCCOc1cc(NCCS(=O)(=O)N(C)C)c(N)cc1F. The zero-order valence-corrected chi connectivity index (χ0v) is 13.3. The Hall–Kier alpha value is -1.54. The van der Waals surface area contributed by atoms with Crippen LogP contribution in [0.5, 0.6) is 5.75 Å². The molecule has 8 heteroatoms. The molecule has 1 aromatic carbocycles. The van der Waals surface area contributed by atoms with Gasteiger partial charge in [0.2, 0.25) is 10.0 Å². The second kappa shape index (κ2) is 7.46. The smallest absolute Gasteiger partial charge is 0.215 e. The van der Waals surface area contributed by atoms with Gasteiger partial charge in [0.15, 0.2) is 11.6 Å². The molecule has 0 amide bonds. The number of nitrogens with one attached hydrogen (secondary N) is 1. The third-order valence-corrected chi connectivity index (χ3v) is 4.63. The predicted octanol–water partition coefficient (Wildman–Crippen LogP) is 1.50. The van der Waals surface area contributed by atoms with Gasteiger partial charge >= 0.3 is 0 Å². The van der Waals surface area contributed by atoms with Crippen LogP contribution >= 0.6 is 0 Å². The number of nitrogen functional groups attached to an aromatic ring is 1. The molecule has 0 aliphatic heterocycles. The molecule has 6 nitrogen and oxygen atoms in total. The Balaban J connectivity index is 2.75. The van der Waals surface area contributed by atoms with Crippen molar-refractivity contribution in [2.24, 2.45) is 0 Å². The normalized spacial score (nSPS) is 11.7. The molecule has 0 atom stereocenters. The van der Waals surface area contributed by atoms with Crippen LogP contribution in [0.3, 0.4) is 0 Å². The summed E-state index contributed by atoms with van der Waals surface area (Å²) in [6.07, 6.45) is 0.758. The molecule has 0 spiro atoms. The molecule has 21 heavy (non-hydrogen) atoms. The summed E-state index contributed by atoms with van der Waals surface area (Å²) < 4.78 is 43.3. The highest BCUT2D eigenvalue weighted by Crippen LogP contribution is 2.28. The maximum atomic E-state index is 13.6. The third-order valence-electron chi connectivity index (χ3n) is 2.80. The van der Waals surface area contributed by atoms with E-state index in [2.05, 4.69) is 5.32 Å².